The zero-order valence-electron chi connectivity index (χ0n) is 44.3. The van der Waals surface area contributed by atoms with Gasteiger partial charge in [-0.05, 0) is 184 Å². The molecule has 0 aliphatic carbocycles. The van der Waals surface area contributed by atoms with Crippen LogP contribution < -0.4 is 0 Å². The first-order chi connectivity index (χ1) is 40.2. The van der Waals surface area contributed by atoms with E-state index in [9.17, 15) is 0 Å². The van der Waals surface area contributed by atoms with E-state index in [4.69, 9.17) is 4.42 Å². The summed E-state index contributed by atoms with van der Waals surface area (Å²) in [4.78, 5) is 0. The molecule has 0 bridgehead atoms. The van der Waals surface area contributed by atoms with Crippen molar-refractivity contribution in [2.45, 2.75) is 0 Å². The normalized spacial score (nSPS) is 11.7. The highest BCUT2D eigenvalue weighted by molar-refractivity contribution is 6.27. The summed E-state index contributed by atoms with van der Waals surface area (Å²) in [5, 5.41) is 22.4. The van der Waals surface area contributed by atoms with E-state index < -0.39 is 0 Å². The van der Waals surface area contributed by atoms with E-state index in [1.807, 2.05) is 0 Å². The lowest BCUT2D eigenvalue weighted by Gasteiger charge is -2.18. The fourth-order valence-corrected chi connectivity index (χ4v) is 13.1. The van der Waals surface area contributed by atoms with Crippen LogP contribution in [0.4, 0.5) is 0 Å². The second-order valence-electron chi connectivity index (χ2n) is 21.4. The molecule has 0 radical (unpaired) electrons. The maximum absolute atomic E-state index is 6.48. The summed E-state index contributed by atoms with van der Waals surface area (Å²) in [6.07, 6.45) is 0. The zero-order chi connectivity index (χ0) is 53.4. The van der Waals surface area contributed by atoms with Crippen molar-refractivity contribution in [2.24, 2.45) is 0 Å². The van der Waals surface area contributed by atoms with Crippen molar-refractivity contribution in [1.29, 1.82) is 0 Å². The van der Waals surface area contributed by atoms with Gasteiger partial charge in [0.15, 0.2) is 0 Å². The highest BCUT2D eigenvalue weighted by Crippen LogP contribution is 2.49. The lowest BCUT2D eigenvalue weighted by atomic mass is 9.84. The standard InChI is InChI=1S/C40H24O.C40H26/c1-2-11-26-22-29(21-20-25(26)10-1)38-30-14-5-7-16-32(30)39(33-17-8-6-15-31(33)38)34-18-9-19-36-40(34)35-23-27-12-3-4-13-28(27)24-37(35)41-36;1-3-12-29-24-32(22-20-27(29)10-1)31-14-9-15-33(26-31)39-35-16-5-7-18-37(35)40(38-19-8-6-17-36(38)39)34-23-21-28-11-2-4-13-30(28)25-34/h1-24H;1-26H. The van der Waals surface area contributed by atoms with E-state index in [0.717, 1.165) is 16.6 Å². The van der Waals surface area contributed by atoms with Gasteiger partial charge in [-0.25, -0.2) is 0 Å². The molecular formula is C80H50O. The Labute approximate surface area is 468 Å². The van der Waals surface area contributed by atoms with Crippen LogP contribution in [0.5, 0.6) is 0 Å². The van der Waals surface area contributed by atoms with Crippen LogP contribution in [0.25, 0.3) is 164 Å². The predicted molar refractivity (Wildman–Crippen MR) is 347 cm³/mol. The van der Waals surface area contributed by atoms with E-state index in [2.05, 4.69) is 303 Å². The average Bonchev–Trinajstić information content (AvgIpc) is 4.12. The molecule has 0 N–H and O–H groups in total. The SMILES string of the molecule is c1cc(-c2ccc3ccccc3c2)cc(-c2c3ccccc3c(-c3ccc4ccccc4c3)c3ccccc23)c1.c1ccc2cc(-c3c4ccccc4c(-c4cccc5oc6cc7ccccc7cc6c45)c4ccccc34)ccc2c1. The van der Waals surface area contributed by atoms with E-state index in [0.29, 0.717) is 0 Å². The third-order valence-electron chi connectivity index (χ3n) is 16.8. The molecule has 1 nitrogen and oxygen atoms in total. The van der Waals surface area contributed by atoms with Gasteiger partial charge in [-0.1, -0.05) is 261 Å². The third-order valence-corrected chi connectivity index (χ3v) is 16.8. The molecule has 0 spiro atoms. The second-order valence-corrected chi connectivity index (χ2v) is 21.4. The Hall–Kier alpha value is -10.6. The fraction of sp³-hybridized carbons (Fsp3) is 0. The molecule has 0 fully saturated rings. The molecule has 0 atom stereocenters. The van der Waals surface area contributed by atoms with Crippen LogP contribution in [0.3, 0.4) is 0 Å². The molecule has 0 saturated carbocycles. The Balaban J connectivity index is 0.000000134. The first-order valence-corrected chi connectivity index (χ1v) is 28.0. The first kappa shape index (κ1) is 46.5. The Kier molecular flexibility index (Phi) is 11.0. The third kappa shape index (κ3) is 7.85. The molecule has 16 aromatic carbocycles. The summed E-state index contributed by atoms with van der Waals surface area (Å²) >= 11 is 0. The molecule has 81 heavy (non-hydrogen) atoms. The van der Waals surface area contributed by atoms with Crippen molar-refractivity contribution in [2.75, 3.05) is 0 Å². The van der Waals surface area contributed by atoms with E-state index in [1.54, 1.807) is 0 Å². The van der Waals surface area contributed by atoms with Gasteiger partial charge in [0.2, 0.25) is 0 Å². The van der Waals surface area contributed by atoms with Crippen molar-refractivity contribution < 1.29 is 4.42 Å². The van der Waals surface area contributed by atoms with Gasteiger partial charge in [-0.15, -0.1) is 0 Å². The predicted octanol–water partition coefficient (Wildman–Crippen LogP) is 22.8. The van der Waals surface area contributed by atoms with Crippen LogP contribution in [0.15, 0.2) is 308 Å². The summed E-state index contributed by atoms with van der Waals surface area (Å²) in [5.41, 5.74) is 14.4. The van der Waals surface area contributed by atoms with Gasteiger partial charge in [0.1, 0.15) is 11.2 Å². The van der Waals surface area contributed by atoms with Crippen LogP contribution in [0, 0.1) is 0 Å². The molecule has 17 aromatic rings. The second kappa shape index (κ2) is 19.1. The number of rotatable bonds is 5. The molecule has 1 heteroatoms. The van der Waals surface area contributed by atoms with Gasteiger partial charge in [0.05, 0.1) is 0 Å². The number of benzene rings is 16. The fourth-order valence-electron chi connectivity index (χ4n) is 13.1. The minimum absolute atomic E-state index is 0.916. The smallest absolute Gasteiger partial charge is 0.136 e. The maximum atomic E-state index is 6.48. The Bertz CT molecular complexity index is 5250. The Morgan fingerprint density at radius 2 is 0.494 bits per heavy atom. The van der Waals surface area contributed by atoms with Crippen LogP contribution >= 0.6 is 0 Å². The van der Waals surface area contributed by atoms with E-state index in [-0.39, 0.29) is 0 Å². The van der Waals surface area contributed by atoms with Gasteiger partial charge >= 0.3 is 0 Å². The summed E-state index contributed by atoms with van der Waals surface area (Å²) in [6.45, 7) is 0. The van der Waals surface area contributed by atoms with Gasteiger partial charge in [-0.2, -0.15) is 0 Å². The summed E-state index contributed by atoms with van der Waals surface area (Å²) in [5.74, 6) is 0. The first-order valence-electron chi connectivity index (χ1n) is 28.0. The minimum Gasteiger partial charge on any atom is -0.456 e. The maximum Gasteiger partial charge on any atom is 0.136 e. The minimum atomic E-state index is 0.916. The van der Waals surface area contributed by atoms with Crippen molar-refractivity contribution >= 4 is 108 Å². The lowest BCUT2D eigenvalue weighted by molar-refractivity contribution is 0.669. The molecule has 0 aliphatic heterocycles. The zero-order valence-corrected chi connectivity index (χ0v) is 44.3. The molecule has 0 saturated heterocycles. The Morgan fingerprint density at radius 1 is 0.173 bits per heavy atom. The monoisotopic (exact) mass is 1030 g/mol. The summed E-state index contributed by atoms with van der Waals surface area (Å²) in [6, 6.07) is 110. The molecular weight excluding hydrogens is 977 g/mol. The summed E-state index contributed by atoms with van der Waals surface area (Å²) < 4.78 is 6.48. The summed E-state index contributed by atoms with van der Waals surface area (Å²) in [7, 11) is 0. The van der Waals surface area contributed by atoms with Crippen LogP contribution in [0.1, 0.15) is 0 Å². The molecule has 376 valence electrons. The Morgan fingerprint density at radius 3 is 0.951 bits per heavy atom. The van der Waals surface area contributed by atoms with Crippen molar-refractivity contribution in [1.82, 2.24) is 0 Å². The molecule has 0 amide bonds. The number of furan rings is 1. The largest absolute Gasteiger partial charge is 0.456 e. The highest BCUT2D eigenvalue weighted by Gasteiger charge is 2.22. The van der Waals surface area contributed by atoms with Gasteiger partial charge in [0.25, 0.3) is 0 Å². The number of hydrogen-bond donors (Lipinski definition) is 0. The highest BCUT2D eigenvalue weighted by atomic mass is 16.3. The van der Waals surface area contributed by atoms with E-state index >= 15 is 0 Å². The van der Waals surface area contributed by atoms with Gasteiger partial charge in [0, 0.05) is 10.8 Å². The van der Waals surface area contributed by atoms with E-state index in [1.165, 1.54) is 147 Å². The van der Waals surface area contributed by atoms with Crippen LogP contribution in [0.2, 0.25) is 0 Å². The average molecular weight is 1030 g/mol. The van der Waals surface area contributed by atoms with Gasteiger partial charge in [-0.3, -0.25) is 0 Å². The van der Waals surface area contributed by atoms with Crippen molar-refractivity contribution in [3.05, 3.63) is 303 Å². The van der Waals surface area contributed by atoms with Gasteiger partial charge < -0.3 is 4.42 Å². The number of hydrogen-bond acceptors (Lipinski definition) is 1. The quantitative estimate of drug-likeness (QED) is 0.157. The topological polar surface area (TPSA) is 13.1 Å². The van der Waals surface area contributed by atoms with Crippen molar-refractivity contribution in [3.8, 4) is 55.6 Å². The molecule has 1 heterocycles. The lowest BCUT2D eigenvalue weighted by Crippen LogP contribution is -1.91. The molecule has 0 aliphatic rings. The van der Waals surface area contributed by atoms with Crippen LogP contribution in [-0.2, 0) is 0 Å². The molecule has 1 aromatic heterocycles. The molecule has 0 unspecified atom stereocenters. The molecule has 17 rings (SSSR count). The van der Waals surface area contributed by atoms with Crippen molar-refractivity contribution in [3.63, 3.8) is 0 Å². The number of fused-ring (bicyclic) bond motifs is 11. The van der Waals surface area contributed by atoms with Crippen LogP contribution in [-0.4, -0.2) is 0 Å².